The van der Waals surface area contributed by atoms with Crippen molar-refractivity contribution in [1.82, 2.24) is 76.8 Å². The third kappa shape index (κ3) is 24.9. The highest BCUT2D eigenvalue weighted by Crippen LogP contribution is 2.44. The summed E-state index contributed by atoms with van der Waals surface area (Å²) >= 11 is 13.3. The number of nitrogens with one attached hydrogen (secondary N) is 1. The number of aromatic amines is 1. The van der Waals surface area contributed by atoms with E-state index in [-0.39, 0.29) is 53.3 Å². The van der Waals surface area contributed by atoms with Crippen LogP contribution in [0.3, 0.4) is 0 Å². The van der Waals surface area contributed by atoms with Crippen LogP contribution in [0.15, 0.2) is 307 Å². The van der Waals surface area contributed by atoms with Gasteiger partial charge in [0, 0.05) is 72.7 Å². The zero-order valence-electron chi connectivity index (χ0n) is 80.9. The maximum Gasteiger partial charge on any atom is 0.494 e. The van der Waals surface area contributed by atoms with Gasteiger partial charge in [0.2, 0.25) is 0 Å². The first-order valence-electron chi connectivity index (χ1n) is 45.3. The molecule has 0 bridgehead atoms. The van der Waals surface area contributed by atoms with E-state index in [0.717, 1.165) is 124 Å². The molecule has 3 aliphatic rings. The van der Waals surface area contributed by atoms with E-state index >= 15 is 0 Å². The van der Waals surface area contributed by atoms with Gasteiger partial charge in [-0.25, -0.2) is 49.5 Å². The molecule has 3 aliphatic heterocycles. The number of imidazole rings is 8. The molecule has 27 nitrogen and oxygen atoms in total. The molecule has 18 aromatic rings. The fraction of sp³-hybridized carbons (Fsp3) is 0.276. The van der Waals surface area contributed by atoms with Crippen molar-refractivity contribution in [3.63, 3.8) is 0 Å². The Labute approximate surface area is 844 Å². The number of methoxy groups -OCH3 is 2. The van der Waals surface area contributed by atoms with E-state index in [9.17, 15) is 14.7 Å². The number of halogens is 4. The molecule has 0 spiro atoms. The molecular weight excluding hydrogens is 2010 g/mol. The average Bonchev–Trinajstić information content (AvgIpc) is 1.57. The number of benzene rings is 10. The first-order valence-corrected chi connectivity index (χ1v) is 48.8. The van der Waals surface area contributed by atoms with Crippen molar-refractivity contribution in [2.75, 3.05) is 14.2 Å². The third-order valence-corrected chi connectivity index (χ3v) is 27.9. The summed E-state index contributed by atoms with van der Waals surface area (Å²) in [7, 11) is 6.88. The van der Waals surface area contributed by atoms with Crippen LogP contribution >= 0.6 is 63.7 Å². The molecule has 0 radical (unpaired) electrons. The minimum atomic E-state index is -0.476. The van der Waals surface area contributed by atoms with Gasteiger partial charge in [-0.15, -0.1) is 0 Å². The Kier molecular flexibility index (Phi) is 33.3. The molecule has 0 atom stereocenters. The number of carbonyl (C=O) groups is 2. The first-order chi connectivity index (χ1) is 66.4. The monoisotopic (exact) mass is 2120 g/mol. The fourth-order valence-corrected chi connectivity index (χ4v) is 16.4. The minimum absolute atomic E-state index is 0.00468. The Bertz CT molecular complexity index is 7040. The van der Waals surface area contributed by atoms with Gasteiger partial charge < -0.3 is 79.5 Å². The Morgan fingerprint density at radius 2 is 0.683 bits per heavy atom. The molecule has 716 valence electrons. The normalized spacial score (nSPS) is 14.9. The van der Waals surface area contributed by atoms with E-state index in [0.29, 0.717) is 16.1 Å². The van der Waals surface area contributed by atoms with Gasteiger partial charge in [-0.2, -0.15) is 0 Å². The summed E-state index contributed by atoms with van der Waals surface area (Å²) in [5.41, 5.74) is 19.6. The van der Waals surface area contributed by atoms with E-state index < -0.39 is 20.0 Å². The van der Waals surface area contributed by atoms with Crippen LogP contribution in [0.4, 0.5) is 0 Å². The molecule has 3 fully saturated rings. The summed E-state index contributed by atoms with van der Waals surface area (Å²) in [5, 5.41) is 10.2. The van der Waals surface area contributed by atoms with Crippen LogP contribution in [0, 0.1) is 0 Å². The second kappa shape index (κ2) is 45.0. The number of aliphatic hydroxyl groups is 1. The summed E-state index contributed by atoms with van der Waals surface area (Å²) in [6.45, 7) is 27.7. The molecule has 2 N–H and O–H groups in total. The lowest BCUT2D eigenvalue weighted by Crippen LogP contribution is -2.41. The van der Waals surface area contributed by atoms with Gasteiger partial charge in [0.25, 0.3) is 0 Å². The SMILES string of the molecule is BrCc1ccc(Br)cc1.Brc1ccc(Cn2cnc3ccccc32)cc1.CC1(C)OB(B2OC(C)(C)C(C)(C)O2)OC1(C)C.CC1(C)OB(c2ccc(Cn3cnc4ccccc43)cc2)OC1(C)C.COC(=O)c1cnc(-c2ccc(Cn3cnc4ccccc43)cc2)n1C.COC(=O)c1cnc(Br)n1C.Cn1c(CO)cnc1-c1ccc(Cn2cnc3ccccc32)cc1.c1ccc2[nH]cnc2c1. The van der Waals surface area contributed by atoms with Crippen molar-refractivity contribution in [2.24, 2.45) is 21.1 Å². The maximum atomic E-state index is 11.7. The largest absolute Gasteiger partial charge is 0.494 e. The second-order valence-corrected chi connectivity index (χ2v) is 39.6. The number of ether oxygens (including phenoxy) is 2. The van der Waals surface area contributed by atoms with Gasteiger partial charge >= 0.3 is 33.1 Å². The topological polar surface area (TPSA) is 282 Å². The Balaban J connectivity index is 0.000000130. The van der Waals surface area contributed by atoms with Crippen molar-refractivity contribution in [1.29, 1.82) is 0 Å². The van der Waals surface area contributed by atoms with Crippen molar-refractivity contribution in [3.8, 4) is 22.8 Å². The van der Waals surface area contributed by atoms with Gasteiger partial charge in [0.15, 0.2) is 4.73 Å². The predicted molar refractivity (Wildman–Crippen MR) is 563 cm³/mol. The van der Waals surface area contributed by atoms with Crippen LogP contribution in [0.5, 0.6) is 0 Å². The average molecular weight is 2130 g/mol. The van der Waals surface area contributed by atoms with Crippen LogP contribution in [-0.4, -0.2) is 163 Å². The van der Waals surface area contributed by atoms with Gasteiger partial charge in [-0.05, 0) is 217 Å². The van der Waals surface area contributed by atoms with Crippen LogP contribution in [0.2, 0.25) is 0 Å². The number of carbonyl (C=O) groups excluding carboxylic acids is 2. The summed E-state index contributed by atoms with van der Waals surface area (Å²) in [4.78, 5) is 60.0. The zero-order chi connectivity index (χ0) is 99.1. The molecule has 0 aliphatic carbocycles. The highest BCUT2D eigenvalue weighted by Gasteiger charge is 2.64. The number of esters is 2. The number of rotatable bonds is 16. The molecule has 10 aromatic carbocycles. The van der Waals surface area contributed by atoms with Crippen LogP contribution < -0.4 is 5.46 Å². The van der Waals surface area contributed by atoms with Crippen molar-refractivity contribution in [2.45, 2.75) is 155 Å². The van der Waals surface area contributed by atoms with E-state index in [2.05, 4.69) is 281 Å². The van der Waals surface area contributed by atoms with E-state index in [1.165, 1.54) is 59.9 Å². The molecule has 139 heavy (non-hydrogen) atoms. The molecule has 11 heterocycles. The number of nitrogens with zero attached hydrogens (tertiary/aromatic N) is 15. The number of fused-ring (bicyclic) bond motifs is 5. The van der Waals surface area contributed by atoms with E-state index in [4.69, 9.17) is 32.7 Å². The van der Waals surface area contributed by atoms with Crippen LogP contribution in [0.1, 0.15) is 138 Å². The summed E-state index contributed by atoms with van der Waals surface area (Å²) in [5.74, 6) is 0.810. The van der Waals surface area contributed by atoms with Gasteiger partial charge in [-0.1, -0.05) is 206 Å². The number of alkyl halides is 1. The Morgan fingerprint density at radius 1 is 0.367 bits per heavy atom. The maximum absolute atomic E-state index is 11.7. The van der Waals surface area contributed by atoms with Crippen molar-refractivity contribution < 1.29 is 52.1 Å². The highest BCUT2D eigenvalue weighted by atomic mass is 79.9. The first kappa shape index (κ1) is 103. The van der Waals surface area contributed by atoms with E-state index in [1.54, 1.807) is 35.8 Å². The molecule has 0 amide bonds. The Morgan fingerprint density at radius 3 is 1.03 bits per heavy atom. The number of hydrogen-bond donors (Lipinski definition) is 2. The lowest BCUT2D eigenvalue weighted by molar-refractivity contribution is 0.00578. The van der Waals surface area contributed by atoms with E-state index in [1.807, 2.05) is 214 Å². The summed E-state index contributed by atoms with van der Waals surface area (Å²) in [6, 6.07) is 82.1. The number of aromatic nitrogens is 16. The van der Waals surface area contributed by atoms with Gasteiger partial charge in [-0.3, -0.25) is 0 Å². The third-order valence-electron chi connectivity index (χ3n) is 25.5. The number of aliphatic hydroxyl groups excluding tert-OH is 1. The van der Waals surface area contributed by atoms with Crippen molar-refractivity contribution >= 4 is 157 Å². The molecule has 3 saturated heterocycles. The number of H-pyrrole nitrogens is 1. The summed E-state index contributed by atoms with van der Waals surface area (Å²) in [6.07, 6.45) is 13.9. The number of para-hydroxylation sites is 10. The van der Waals surface area contributed by atoms with Crippen LogP contribution in [0.25, 0.3) is 77.9 Å². The molecule has 8 aromatic heterocycles. The second-order valence-electron chi connectivity index (χ2n) is 36.5. The highest BCUT2D eigenvalue weighted by molar-refractivity contribution is 9.11. The standard InChI is InChI=1S/C20H23BN2O2.C20H18N4O2.C19H18N4O.C14H11BrN2.C12H24B2O4.C7H6Br2.C7H6N2.C6H7BrN2O2/c1-19(2)20(3,4)25-21(24-19)16-11-9-15(10-12-16)13-23-14-22-17-7-5-6-8-18(17)23;1-23-18(20(25)26-2)11-21-19(23)15-9-7-14(8-10-15)12-24-13-22-16-5-3-4-6-17(16)24;1-22-16(12-24)10-20-19(22)15-8-6-14(7-9-15)11-23-13-21-17-4-2-3-5-18(17)23;15-12-7-5-11(6-8-12)9-17-10-16-13-3-1-2-4-14(13)17;1-9(2)10(3,4)16-13(15-9)14-17-11(5,6)12(7,8)18-14;8-5-6-1-3-7(9)4-2-6;1-2-4-7-6(3-1)8-5-9-7;1-9-4(5(10)11-2)3-8-6(9)7/h5-12,14H,13H2,1-4H3;3-11,13H,12H2,1-2H3;2-10,13,24H,11-12H2,1H3;1-8,10H,9H2;1-8H3;1-4H,5H2;1-5H,(H,8,9);3H,1-2H3. The molecule has 0 unspecified atom stereocenters. The predicted octanol–water partition coefficient (Wildman–Crippen LogP) is 21.6. The quantitative estimate of drug-likeness (QED) is 0.0516. The van der Waals surface area contributed by atoms with Crippen molar-refractivity contribution in [3.05, 3.63) is 351 Å². The zero-order valence-corrected chi connectivity index (χ0v) is 87.3. The summed E-state index contributed by atoms with van der Waals surface area (Å²) < 4.78 is 62.1. The van der Waals surface area contributed by atoms with Gasteiger partial charge in [0.1, 0.15) is 23.0 Å². The number of hydrogen-bond acceptors (Lipinski definition) is 19. The lowest BCUT2D eigenvalue weighted by Gasteiger charge is -2.32. The lowest BCUT2D eigenvalue weighted by atomic mass is 9.49. The molecule has 34 heteroatoms. The molecule has 0 saturated carbocycles. The molecule has 21 rings (SSSR count). The Hall–Kier alpha value is -12.0. The fourth-order valence-electron chi connectivity index (χ4n) is 15.2. The smallest absolute Gasteiger partial charge is 0.464 e. The minimum Gasteiger partial charge on any atom is -0.464 e. The molecular formula is C105H113B3Br4N16O11. The van der Waals surface area contributed by atoms with Crippen LogP contribution in [-0.2, 0) is 96.7 Å². The van der Waals surface area contributed by atoms with Gasteiger partial charge in [0.05, 0.1) is 166 Å².